The Bertz CT molecular complexity index is 483. The van der Waals surface area contributed by atoms with E-state index in [1.807, 2.05) is 6.07 Å². The van der Waals surface area contributed by atoms with Crippen molar-refractivity contribution in [2.75, 3.05) is 0 Å². The number of benzene rings is 1. The highest BCUT2D eigenvalue weighted by molar-refractivity contribution is 5.98. The van der Waals surface area contributed by atoms with Crippen molar-refractivity contribution < 1.29 is 9.59 Å². The predicted octanol–water partition coefficient (Wildman–Crippen LogP) is 0.552. The standard InChI is InChI=1S/C12H13N3O2/c1-12(2,11(14)17)15-10(16)9-5-3-8(7-13)4-6-9/h3-6H,1-2H3,(H2,14,17)(H,15,16). The number of nitrogens with one attached hydrogen (secondary N) is 1. The van der Waals surface area contributed by atoms with Crippen LogP contribution in [0.3, 0.4) is 0 Å². The predicted molar refractivity (Wildman–Crippen MR) is 61.9 cm³/mol. The topological polar surface area (TPSA) is 96.0 Å². The fourth-order valence-electron chi connectivity index (χ4n) is 1.11. The maximum Gasteiger partial charge on any atom is 0.252 e. The van der Waals surface area contributed by atoms with Gasteiger partial charge >= 0.3 is 0 Å². The largest absolute Gasteiger partial charge is 0.368 e. The van der Waals surface area contributed by atoms with E-state index >= 15 is 0 Å². The molecule has 1 aromatic rings. The van der Waals surface area contributed by atoms with Crippen LogP contribution in [0.15, 0.2) is 24.3 Å². The average Bonchev–Trinajstić information content (AvgIpc) is 2.28. The molecule has 0 bridgehead atoms. The van der Waals surface area contributed by atoms with E-state index in [9.17, 15) is 9.59 Å². The summed E-state index contributed by atoms with van der Waals surface area (Å²) in [5.41, 5.74) is 4.88. The van der Waals surface area contributed by atoms with Crippen LogP contribution in [0.2, 0.25) is 0 Å². The smallest absolute Gasteiger partial charge is 0.252 e. The van der Waals surface area contributed by atoms with E-state index in [1.54, 1.807) is 0 Å². The molecule has 1 aromatic carbocycles. The molecule has 0 saturated carbocycles. The normalized spacial score (nSPS) is 10.4. The molecular weight excluding hydrogens is 218 g/mol. The zero-order valence-electron chi connectivity index (χ0n) is 9.65. The molecule has 0 spiro atoms. The number of carbonyl (C=O) groups excluding carboxylic acids is 2. The van der Waals surface area contributed by atoms with Crippen molar-refractivity contribution >= 4 is 11.8 Å². The van der Waals surface area contributed by atoms with Gasteiger partial charge in [0.1, 0.15) is 5.54 Å². The molecule has 17 heavy (non-hydrogen) atoms. The first-order valence-corrected chi connectivity index (χ1v) is 4.99. The van der Waals surface area contributed by atoms with Crippen molar-refractivity contribution in [3.05, 3.63) is 35.4 Å². The molecule has 0 unspecified atom stereocenters. The van der Waals surface area contributed by atoms with Crippen molar-refractivity contribution in [3.8, 4) is 6.07 Å². The zero-order chi connectivity index (χ0) is 13.1. The summed E-state index contributed by atoms with van der Waals surface area (Å²) >= 11 is 0. The maximum atomic E-state index is 11.8. The second-order valence-electron chi connectivity index (χ2n) is 4.13. The molecule has 88 valence electrons. The third-order valence-corrected chi connectivity index (χ3v) is 2.32. The lowest BCUT2D eigenvalue weighted by atomic mass is 10.0. The van der Waals surface area contributed by atoms with Crippen molar-refractivity contribution in [3.63, 3.8) is 0 Å². The zero-order valence-corrected chi connectivity index (χ0v) is 9.65. The van der Waals surface area contributed by atoms with Crippen LogP contribution in [-0.4, -0.2) is 17.4 Å². The van der Waals surface area contributed by atoms with Crippen LogP contribution >= 0.6 is 0 Å². The van der Waals surface area contributed by atoms with Gasteiger partial charge in [-0.3, -0.25) is 9.59 Å². The second kappa shape index (κ2) is 4.66. The van der Waals surface area contributed by atoms with Gasteiger partial charge in [-0.1, -0.05) is 0 Å². The first-order valence-electron chi connectivity index (χ1n) is 4.99. The minimum absolute atomic E-state index is 0.373. The van der Waals surface area contributed by atoms with Crippen LogP contribution in [0, 0.1) is 11.3 Å². The summed E-state index contributed by atoms with van der Waals surface area (Å²) in [4.78, 5) is 22.8. The molecular formula is C12H13N3O2. The number of amides is 2. The lowest BCUT2D eigenvalue weighted by molar-refractivity contribution is -0.122. The molecule has 0 aliphatic rings. The number of carbonyl (C=O) groups is 2. The third kappa shape index (κ3) is 3.05. The molecule has 2 amide bonds. The number of hydrogen-bond donors (Lipinski definition) is 2. The molecule has 1 rings (SSSR count). The SMILES string of the molecule is CC(C)(NC(=O)c1ccc(C#N)cc1)C(N)=O. The summed E-state index contributed by atoms with van der Waals surface area (Å²) in [5.74, 6) is -1.02. The number of nitriles is 1. The number of hydrogen-bond acceptors (Lipinski definition) is 3. The van der Waals surface area contributed by atoms with Gasteiger partial charge in [0.15, 0.2) is 0 Å². The number of primary amides is 1. The van der Waals surface area contributed by atoms with E-state index in [4.69, 9.17) is 11.0 Å². The Morgan fingerprint density at radius 1 is 1.29 bits per heavy atom. The highest BCUT2D eigenvalue weighted by atomic mass is 16.2. The summed E-state index contributed by atoms with van der Waals surface area (Å²) in [6.07, 6.45) is 0. The van der Waals surface area contributed by atoms with Gasteiger partial charge in [0.2, 0.25) is 5.91 Å². The van der Waals surface area contributed by atoms with E-state index in [-0.39, 0.29) is 0 Å². The van der Waals surface area contributed by atoms with E-state index < -0.39 is 17.4 Å². The fraction of sp³-hybridized carbons (Fsp3) is 0.250. The van der Waals surface area contributed by atoms with Gasteiger partial charge in [-0.05, 0) is 38.1 Å². The quantitative estimate of drug-likeness (QED) is 0.795. The third-order valence-electron chi connectivity index (χ3n) is 2.32. The first kappa shape index (κ1) is 12.7. The number of nitrogens with zero attached hydrogens (tertiary/aromatic N) is 1. The Labute approximate surface area is 99.2 Å². The molecule has 0 atom stereocenters. The monoisotopic (exact) mass is 231 g/mol. The summed E-state index contributed by atoms with van der Waals surface area (Å²) in [7, 11) is 0. The fourth-order valence-corrected chi connectivity index (χ4v) is 1.11. The van der Waals surface area contributed by atoms with Crippen molar-refractivity contribution in [1.82, 2.24) is 5.32 Å². The summed E-state index contributed by atoms with van der Waals surface area (Å²) in [6, 6.07) is 8.06. The Kier molecular flexibility index (Phi) is 3.49. The Morgan fingerprint density at radius 2 is 1.82 bits per heavy atom. The molecule has 0 aliphatic carbocycles. The van der Waals surface area contributed by atoms with Crippen LogP contribution in [0.5, 0.6) is 0 Å². The van der Waals surface area contributed by atoms with Crippen LogP contribution in [0.25, 0.3) is 0 Å². The molecule has 0 radical (unpaired) electrons. The molecule has 0 fully saturated rings. The molecule has 0 heterocycles. The van der Waals surface area contributed by atoms with Gasteiger partial charge in [0.25, 0.3) is 5.91 Å². The average molecular weight is 231 g/mol. The van der Waals surface area contributed by atoms with E-state index in [1.165, 1.54) is 38.1 Å². The summed E-state index contributed by atoms with van der Waals surface area (Å²) in [6.45, 7) is 3.05. The number of nitrogens with two attached hydrogens (primary N) is 1. The number of rotatable bonds is 3. The van der Waals surface area contributed by atoms with Crippen molar-refractivity contribution in [2.24, 2.45) is 5.73 Å². The second-order valence-corrected chi connectivity index (χ2v) is 4.13. The molecule has 5 nitrogen and oxygen atoms in total. The maximum absolute atomic E-state index is 11.8. The Hall–Kier alpha value is -2.35. The van der Waals surface area contributed by atoms with Gasteiger partial charge in [0.05, 0.1) is 11.6 Å². The molecule has 0 aliphatic heterocycles. The molecule has 5 heteroatoms. The van der Waals surface area contributed by atoms with E-state index in [0.717, 1.165) is 0 Å². The highest BCUT2D eigenvalue weighted by Gasteiger charge is 2.27. The lowest BCUT2D eigenvalue weighted by Gasteiger charge is -2.22. The van der Waals surface area contributed by atoms with Crippen LogP contribution in [0.4, 0.5) is 0 Å². The highest BCUT2D eigenvalue weighted by Crippen LogP contribution is 2.07. The van der Waals surface area contributed by atoms with E-state index in [0.29, 0.717) is 11.1 Å². The van der Waals surface area contributed by atoms with Gasteiger partial charge in [-0.25, -0.2) is 0 Å². The van der Waals surface area contributed by atoms with Gasteiger partial charge < -0.3 is 11.1 Å². The van der Waals surface area contributed by atoms with Gasteiger partial charge in [0, 0.05) is 5.56 Å². The lowest BCUT2D eigenvalue weighted by Crippen LogP contribution is -2.52. The molecule has 3 N–H and O–H groups in total. The molecule has 0 aromatic heterocycles. The van der Waals surface area contributed by atoms with Crippen molar-refractivity contribution in [2.45, 2.75) is 19.4 Å². The first-order chi connectivity index (χ1) is 7.86. The van der Waals surface area contributed by atoms with Crippen LogP contribution in [-0.2, 0) is 4.79 Å². The minimum atomic E-state index is -1.11. The minimum Gasteiger partial charge on any atom is -0.368 e. The summed E-state index contributed by atoms with van der Waals surface area (Å²) < 4.78 is 0. The Balaban J connectivity index is 2.84. The Morgan fingerprint density at radius 3 is 2.24 bits per heavy atom. The van der Waals surface area contributed by atoms with E-state index in [2.05, 4.69) is 5.32 Å². The van der Waals surface area contributed by atoms with Gasteiger partial charge in [-0.2, -0.15) is 5.26 Å². The van der Waals surface area contributed by atoms with Crippen LogP contribution < -0.4 is 11.1 Å². The molecule has 0 saturated heterocycles. The summed E-state index contributed by atoms with van der Waals surface area (Å²) in [5, 5.41) is 11.1. The van der Waals surface area contributed by atoms with Crippen molar-refractivity contribution in [1.29, 1.82) is 5.26 Å². The van der Waals surface area contributed by atoms with Crippen LogP contribution in [0.1, 0.15) is 29.8 Å². The van der Waals surface area contributed by atoms with Gasteiger partial charge in [-0.15, -0.1) is 0 Å².